The van der Waals surface area contributed by atoms with Crippen LogP contribution in [0.5, 0.6) is 5.75 Å². The van der Waals surface area contributed by atoms with E-state index in [1.165, 1.54) is 7.11 Å². The minimum absolute atomic E-state index is 0. The topological polar surface area (TPSA) is 125 Å². The van der Waals surface area contributed by atoms with Crippen LogP contribution in [0.3, 0.4) is 0 Å². The van der Waals surface area contributed by atoms with E-state index in [0.29, 0.717) is 12.8 Å². The van der Waals surface area contributed by atoms with Gasteiger partial charge in [-0.25, -0.2) is 0 Å². The summed E-state index contributed by atoms with van der Waals surface area (Å²) in [5, 5.41) is 9.63. The first-order valence-corrected chi connectivity index (χ1v) is 11.4. The first kappa shape index (κ1) is 50.7. The van der Waals surface area contributed by atoms with E-state index in [9.17, 15) is 24.3 Å². The molecule has 0 saturated heterocycles. The van der Waals surface area contributed by atoms with Gasteiger partial charge >= 0.3 is 23.9 Å². The van der Waals surface area contributed by atoms with E-state index >= 15 is 0 Å². The second-order valence-corrected chi connectivity index (χ2v) is 9.95. The lowest BCUT2D eigenvalue weighted by atomic mass is 9.63. The summed E-state index contributed by atoms with van der Waals surface area (Å²) in [6, 6.07) is 6.75. The summed E-state index contributed by atoms with van der Waals surface area (Å²) in [4.78, 5) is 50.0. The molecule has 0 aliphatic rings. The molecule has 0 amide bonds. The van der Waals surface area contributed by atoms with Crippen molar-refractivity contribution in [2.24, 2.45) is 16.7 Å². The number of hydrogen-bond acceptors (Lipinski definition) is 9. The summed E-state index contributed by atoms with van der Waals surface area (Å²) >= 11 is 0. The molecule has 0 bridgehead atoms. The quantitative estimate of drug-likeness (QED) is 0.151. The number of aromatic hydroxyl groups is 1. The van der Waals surface area contributed by atoms with E-state index in [1.807, 2.05) is 13.8 Å². The molecule has 1 aromatic rings. The molecule has 9 heteroatoms. The highest BCUT2D eigenvalue weighted by molar-refractivity contribution is 5.95. The molecule has 9 nitrogen and oxygen atoms in total. The summed E-state index contributed by atoms with van der Waals surface area (Å²) in [6.07, 6.45) is 0.775. The minimum atomic E-state index is -1.41. The van der Waals surface area contributed by atoms with Crippen LogP contribution in [0.1, 0.15) is 104 Å². The maximum atomic E-state index is 13.2. The van der Waals surface area contributed by atoms with Crippen molar-refractivity contribution in [3.05, 3.63) is 29.8 Å². The van der Waals surface area contributed by atoms with E-state index in [4.69, 9.17) is 9.47 Å². The Morgan fingerprint density at radius 2 is 1.15 bits per heavy atom. The van der Waals surface area contributed by atoms with Crippen molar-refractivity contribution >= 4 is 23.9 Å². The van der Waals surface area contributed by atoms with Crippen molar-refractivity contribution in [2.45, 2.75) is 104 Å². The van der Waals surface area contributed by atoms with Gasteiger partial charge < -0.3 is 24.1 Å². The van der Waals surface area contributed by atoms with Gasteiger partial charge in [0, 0.05) is 0 Å². The number of ether oxygens (including phenoxy) is 4. The Morgan fingerprint density at radius 3 is 1.51 bits per heavy atom. The maximum absolute atomic E-state index is 13.2. The van der Waals surface area contributed by atoms with E-state index < -0.39 is 52.6 Å². The van der Waals surface area contributed by atoms with Crippen molar-refractivity contribution in [3.63, 3.8) is 0 Å². The molecule has 2 atom stereocenters. The van der Waals surface area contributed by atoms with Gasteiger partial charge in [-0.1, -0.05) is 77.5 Å². The molecule has 1 rings (SSSR count). The highest BCUT2D eigenvalue weighted by Crippen LogP contribution is 2.46. The average molecular weight is 591 g/mol. The van der Waals surface area contributed by atoms with Gasteiger partial charge in [-0.3, -0.25) is 19.2 Å². The fraction of sp³-hybridized carbons (Fsp3) is 0.688. The summed E-state index contributed by atoms with van der Waals surface area (Å²) in [5.74, 6) is -4.15. The van der Waals surface area contributed by atoms with E-state index in [2.05, 4.69) is 9.47 Å². The predicted molar refractivity (Wildman–Crippen MR) is 168 cm³/mol. The minimum Gasteiger partial charge on any atom is -0.508 e. The van der Waals surface area contributed by atoms with Gasteiger partial charge in [-0.05, 0) is 56.2 Å². The molecule has 0 aliphatic carbocycles. The number of benzene rings is 1. The normalized spacial score (nSPS) is 12.7. The van der Waals surface area contributed by atoms with Crippen LogP contribution in [0.4, 0.5) is 0 Å². The Morgan fingerprint density at radius 1 is 0.707 bits per heavy atom. The van der Waals surface area contributed by atoms with Gasteiger partial charge in [0.15, 0.2) is 5.92 Å². The van der Waals surface area contributed by atoms with Crippen LogP contribution in [-0.4, -0.2) is 56.9 Å². The Labute approximate surface area is 251 Å². The van der Waals surface area contributed by atoms with Crippen LogP contribution >= 0.6 is 0 Å². The summed E-state index contributed by atoms with van der Waals surface area (Å²) in [5.41, 5.74) is -1.80. The largest absolute Gasteiger partial charge is 0.508 e. The smallest absolute Gasteiger partial charge is 0.323 e. The molecule has 0 fully saturated rings. The zero-order valence-corrected chi connectivity index (χ0v) is 21.9. The van der Waals surface area contributed by atoms with Crippen molar-refractivity contribution < 1.29 is 43.2 Å². The Balaban J connectivity index is -0.000000510. The van der Waals surface area contributed by atoms with Crippen LogP contribution in [0.25, 0.3) is 0 Å². The molecular weight excluding hydrogens is 528 g/mol. The van der Waals surface area contributed by atoms with Crippen LogP contribution in [0.2, 0.25) is 0 Å². The molecule has 244 valence electrons. The molecule has 0 aliphatic heterocycles. The van der Waals surface area contributed by atoms with Crippen LogP contribution in [0.15, 0.2) is 24.3 Å². The lowest BCUT2D eigenvalue weighted by Crippen LogP contribution is -2.43. The molecule has 41 heavy (non-hydrogen) atoms. The number of phenolic OH excluding ortho intramolecular Hbond substituents is 1. The van der Waals surface area contributed by atoms with Crippen LogP contribution < -0.4 is 0 Å². The van der Waals surface area contributed by atoms with E-state index in [1.54, 1.807) is 45.0 Å². The van der Waals surface area contributed by atoms with Gasteiger partial charge in [0.1, 0.15) is 12.4 Å². The molecule has 0 aromatic heterocycles. The number of rotatable bonds is 12. The number of carbonyl (C=O) groups excluding carboxylic acids is 4. The Bertz CT molecular complexity index is 892. The molecular formula is C32H62O9. The third-order valence-corrected chi connectivity index (χ3v) is 6.57. The van der Waals surface area contributed by atoms with Crippen molar-refractivity contribution in [3.8, 4) is 5.75 Å². The second-order valence-electron chi connectivity index (χ2n) is 9.95. The van der Waals surface area contributed by atoms with Crippen molar-refractivity contribution in [2.75, 3.05) is 27.9 Å². The van der Waals surface area contributed by atoms with Gasteiger partial charge in [0.05, 0.1) is 32.2 Å². The molecule has 0 radical (unpaired) electrons. The first-order chi connectivity index (χ1) is 16.2. The summed E-state index contributed by atoms with van der Waals surface area (Å²) < 4.78 is 19.7. The fourth-order valence-corrected chi connectivity index (χ4v) is 4.50. The first-order valence-electron chi connectivity index (χ1n) is 11.4. The zero-order valence-electron chi connectivity index (χ0n) is 21.9. The van der Waals surface area contributed by atoms with Crippen molar-refractivity contribution in [1.82, 2.24) is 0 Å². The lowest BCUT2D eigenvalue weighted by molar-refractivity contribution is -0.169. The maximum Gasteiger partial charge on any atom is 0.323 e. The van der Waals surface area contributed by atoms with Crippen LogP contribution in [0, 0.1) is 16.7 Å². The molecule has 1 aromatic carbocycles. The van der Waals surface area contributed by atoms with Gasteiger partial charge in [0.2, 0.25) is 0 Å². The average Bonchev–Trinajstić information content (AvgIpc) is 2.82. The highest BCUT2D eigenvalue weighted by atomic mass is 16.6. The molecule has 0 heterocycles. The standard InChI is InChI=1S/C26H38O9.6CH4/c1-9-25(4,23(31)35-14-19(20(28)32-6)21(29)33-7)16-26(5,22(30)34-8)15-24(2,3)17-10-12-18(27)13-11-17;;;;;;/h10-13,19,27H,9,14-16H2,1-8H3;6*1H4. The number of esters is 4. The summed E-state index contributed by atoms with van der Waals surface area (Å²) in [6.45, 7) is 8.62. The van der Waals surface area contributed by atoms with Crippen molar-refractivity contribution in [1.29, 1.82) is 0 Å². The van der Waals surface area contributed by atoms with Gasteiger partial charge in [-0.15, -0.1) is 0 Å². The van der Waals surface area contributed by atoms with E-state index in [-0.39, 0.29) is 56.7 Å². The molecule has 1 N–H and O–H groups in total. The lowest BCUT2D eigenvalue weighted by Gasteiger charge is -2.40. The fourth-order valence-electron chi connectivity index (χ4n) is 4.50. The Hall–Kier alpha value is -3.10. The summed E-state index contributed by atoms with van der Waals surface area (Å²) in [7, 11) is 3.54. The molecule has 0 spiro atoms. The number of phenols is 1. The number of carbonyl (C=O) groups is 4. The second kappa shape index (κ2) is 20.7. The monoisotopic (exact) mass is 590 g/mol. The Kier molecular flexibility index (Phi) is 25.6. The zero-order chi connectivity index (χ0) is 27.0. The molecule has 0 saturated carbocycles. The van der Waals surface area contributed by atoms with Gasteiger partial charge in [0.25, 0.3) is 0 Å². The SMILES string of the molecule is C.C.C.C.C.C.CCC(C)(CC(C)(CC(C)(C)c1ccc(O)cc1)C(=O)OC)C(=O)OCC(C(=O)OC)C(=O)OC. The van der Waals surface area contributed by atoms with Crippen LogP contribution in [-0.2, 0) is 43.5 Å². The number of hydrogen-bond donors (Lipinski definition) is 1. The van der Waals surface area contributed by atoms with E-state index in [0.717, 1.165) is 19.8 Å². The number of methoxy groups -OCH3 is 3. The molecule has 2 unspecified atom stereocenters. The predicted octanol–water partition coefficient (Wildman–Crippen LogP) is 7.37. The highest BCUT2D eigenvalue weighted by Gasteiger charge is 2.48. The van der Waals surface area contributed by atoms with Gasteiger partial charge in [-0.2, -0.15) is 0 Å². The third-order valence-electron chi connectivity index (χ3n) is 6.57. The third kappa shape index (κ3) is 13.0.